The summed E-state index contributed by atoms with van der Waals surface area (Å²) >= 11 is 0. The Morgan fingerprint density at radius 3 is 2.29 bits per heavy atom. The van der Waals surface area contributed by atoms with E-state index in [-0.39, 0.29) is 12.0 Å². The fraction of sp³-hybridized carbons (Fsp3) is 0.452. The summed E-state index contributed by atoms with van der Waals surface area (Å²) in [5, 5.41) is 27.6. The number of rotatable bonds is 9. The van der Waals surface area contributed by atoms with Gasteiger partial charge in [0.1, 0.15) is 6.54 Å². The van der Waals surface area contributed by atoms with Crippen molar-refractivity contribution in [2.75, 3.05) is 16.8 Å². The molecule has 4 rings (SSSR count). The van der Waals surface area contributed by atoms with Gasteiger partial charge < -0.3 is 10.2 Å². The van der Waals surface area contributed by atoms with Crippen LogP contribution in [-0.2, 0) is 4.79 Å². The third-order valence-corrected chi connectivity index (χ3v) is 8.73. The number of hydrogen-bond donors (Lipinski definition) is 3. The molecule has 222 valence electrons. The van der Waals surface area contributed by atoms with Gasteiger partial charge in [0.25, 0.3) is 5.91 Å². The van der Waals surface area contributed by atoms with Crippen molar-refractivity contribution in [1.82, 2.24) is 15.4 Å². The lowest BCUT2D eigenvalue weighted by Crippen LogP contribution is -2.58. The van der Waals surface area contributed by atoms with Crippen LogP contribution in [0.4, 0.5) is 21.0 Å². The smallest absolute Gasteiger partial charge is 0.306 e. The van der Waals surface area contributed by atoms with Crippen LogP contribution < -0.4 is 15.6 Å². The van der Waals surface area contributed by atoms with Gasteiger partial charge in [0.15, 0.2) is 6.17 Å². The maximum atomic E-state index is 13.8. The lowest BCUT2D eigenvalue weighted by Gasteiger charge is -2.52. The number of hydrazone groups is 1. The van der Waals surface area contributed by atoms with Crippen LogP contribution in [0.5, 0.6) is 0 Å². The summed E-state index contributed by atoms with van der Waals surface area (Å²) in [6.45, 7) is 9.22. The van der Waals surface area contributed by atoms with Crippen LogP contribution in [-0.4, -0.2) is 57.1 Å². The number of nitrogens with one attached hydrogen (secondary N) is 2. The molecule has 3 N–H and O–H groups in total. The lowest BCUT2D eigenvalue weighted by molar-refractivity contribution is -0.124. The molecular weight excluding hydrogens is 534 g/mol. The highest BCUT2D eigenvalue weighted by Gasteiger charge is 2.56. The third kappa shape index (κ3) is 6.09. The van der Waals surface area contributed by atoms with Gasteiger partial charge in [0, 0.05) is 23.5 Å². The Morgan fingerprint density at radius 2 is 1.69 bits per heavy atom. The normalized spacial score (nSPS) is 22.6. The first-order valence-electron chi connectivity index (χ1n) is 14.1. The number of hydroxylamine groups is 2. The minimum absolute atomic E-state index is 0.0292. The monoisotopic (exact) mass is 573 g/mol. The van der Waals surface area contributed by atoms with Gasteiger partial charge in [-0.25, -0.2) is 15.0 Å². The molecule has 5 amide bonds. The van der Waals surface area contributed by atoms with E-state index in [0.29, 0.717) is 41.1 Å². The van der Waals surface area contributed by atoms with E-state index in [1.54, 1.807) is 74.5 Å². The molecule has 2 aromatic carbocycles. The van der Waals surface area contributed by atoms with Crippen molar-refractivity contribution in [1.29, 1.82) is 5.26 Å². The average molecular weight is 574 g/mol. The zero-order chi connectivity index (χ0) is 30.7. The Hall–Kier alpha value is -4.43. The fourth-order valence-electron chi connectivity index (χ4n) is 5.94. The minimum atomic E-state index is -1.18. The molecule has 3 atom stereocenters. The molecule has 1 aliphatic heterocycles. The molecule has 1 saturated heterocycles. The second-order valence-corrected chi connectivity index (χ2v) is 12.1. The number of urea groups is 2. The summed E-state index contributed by atoms with van der Waals surface area (Å²) in [5.41, 5.74) is 3.11. The molecule has 2 aliphatic rings. The van der Waals surface area contributed by atoms with Gasteiger partial charge in [-0.15, -0.1) is 0 Å². The number of hydrogen-bond acceptors (Lipinski definition) is 6. The van der Waals surface area contributed by atoms with Crippen LogP contribution in [0.2, 0.25) is 0 Å². The van der Waals surface area contributed by atoms with Gasteiger partial charge in [-0.05, 0) is 75.1 Å². The van der Waals surface area contributed by atoms with Gasteiger partial charge in [-0.1, -0.05) is 50.2 Å². The molecule has 0 bridgehead atoms. The second-order valence-electron chi connectivity index (χ2n) is 12.1. The molecule has 42 heavy (non-hydrogen) atoms. The van der Waals surface area contributed by atoms with Crippen LogP contribution in [0.25, 0.3) is 0 Å². The van der Waals surface area contributed by atoms with Gasteiger partial charge in [-0.2, -0.15) is 15.4 Å². The number of amides is 5. The van der Waals surface area contributed by atoms with Crippen LogP contribution in [0.15, 0.2) is 65.8 Å². The van der Waals surface area contributed by atoms with Gasteiger partial charge in [0.05, 0.1) is 11.6 Å². The van der Waals surface area contributed by atoms with Crippen LogP contribution in [0.1, 0.15) is 53.9 Å². The van der Waals surface area contributed by atoms with Gasteiger partial charge in [-0.3, -0.25) is 14.9 Å². The maximum Gasteiger partial charge on any atom is 0.347 e. The molecule has 0 aromatic heterocycles. The lowest BCUT2D eigenvalue weighted by atomic mass is 9.53. The highest BCUT2D eigenvalue weighted by molar-refractivity contribution is 6.00. The van der Waals surface area contributed by atoms with Crippen LogP contribution >= 0.6 is 0 Å². The van der Waals surface area contributed by atoms with E-state index in [1.807, 2.05) is 6.92 Å². The van der Waals surface area contributed by atoms with Crippen molar-refractivity contribution < 1.29 is 19.6 Å². The topological polar surface area (TPSA) is 141 Å². The number of nitriles is 1. The quantitative estimate of drug-likeness (QED) is 0.209. The average Bonchev–Trinajstić information content (AvgIpc) is 3.16. The zero-order valence-corrected chi connectivity index (χ0v) is 24.7. The zero-order valence-electron chi connectivity index (χ0n) is 24.7. The Kier molecular flexibility index (Phi) is 8.87. The largest absolute Gasteiger partial charge is 0.347 e. The Bertz CT molecular complexity index is 1370. The predicted octanol–water partition coefficient (Wildman–Crippen LogP) is 5.41. The number of carbonyl (C=O) groups is 3. The summed E-state index contributed by atoms with van der Waals surface area (Å²) in [4.78, 5) is 42.6. The van der Waals surface area contributed by atoms with Crippen molar-refractivity contribution in [3.63, 3.8) is 0 Å². The highest BCUT2D eigenvalue weighted by Crippen LogP contribution is 2.54. The van der Waals surface area contributed by atoms with Gasteiger partial charge in [0.2, 0.25) is 0 Å². The number of anilines is 2. The first-order chi connectivity index (χ1) is 19.9. The Labute approximate surface area is 246 Å². The SMILES string of the molecule is C/C(C[C@@H]1C[C@H](CC#N)C1(C)C)=N\NC(=O)CN1C(=O)N(c2ccccc2)[C@@H](N(O)C(=O)Nc2ccccc2)C1(C)C. The standard InChI is InChI=1S/C31H39N7O4/c1-21(18-23-19-22(16-17-32)30(23,2)3)34-35-26(39)20-36-29(41)37(25-14-10-7-11-15-25)27(31(36,4)5)38(42)28(40)33-24-12-8-6-9-13-24/h6-15,22-23,27,42H,16,18-20H2,1-5H3,(H,33,40)(H,35,39)/b34-21+/t22-,23+,27-/m0/s1. The first kappa shape index (κ1) is 30.5. The molecule has 1 aliphatic carbocycles. The molecular formula is C31H39N7O4. The van der Waals surface area contributed by atoms with E-state index >= 15 is 0 Å². The van der Waals surface area contributed by atoms with Crippen molar-refractivity contribution in [2.24, 2.45) is 22.4 Å². The summed E-state index contributed by atoms with van der Waals surface area (Å²) in [7, 11) is 0. The van der Waals surface area contributed by atoms with Gasteiger partial charge >= 0.3 is 12.1 Å². The van der Waals surface area contributed by atoms with Crippen LogP contribution in [0.3, 0.4) is 0 Å². The number of nitrogens with zero attached hydrogens (tertiary/aromatic N) is 5. The Morgan fingerprint density at radius 1 is 1.07 bits per heavy atom. The number of benzene rings is 2. The molecule has 1 saturated carbocycles. The number of carbonyl (C=O) groups excluding carboxylic acids is 3. The molecule has 0 unspecified atom stereocenters. The molecule has 2 aromatic rings. The number of para-hydroxylation sites is 2. The predicted molar refractivity (Wildman–Crippen MR) is 159 cm³/mol. The van der Waals surface area contributed by atoms with E-state index < -0.39 is 29.7 Å². The second kappa shape index (κ2) is 12.2. The molecule has 2 fully saturated rings. The third-order valence-electron chi connectivity index (χ3n) is 8.73. The van der Waals surface area contributed by atoms with Crippen molar-refractivity contribution in [2.45, 2.75) is 65.6 Å². The molecule has 1 heterocycles. The highest BCUT2D eigenvalue weighted by atomic mass is 16.5. The van der Waals surface area contributed by atoms with E-state index in [0.717, 1.165) is 12.1 Å². The van der Waals surface area contributed by atoms with E-state index in [4.69, 9.17) is 5.26 Å². The van der Waals surface area contributed by atoms with Crippen molar-refractivity contribution >= 4 is 35.1 Å². The van der Waals surface area contributed by atoms with E-state index in [1.165, 1.54) is 9.80 Å². The molecule has 11 heteroatoms. The molecule has 0 radical (unpaired) electrons. The summed E-state index contributed by atoms with van der Waals surface area (Å²) in [5.74, 6) is 0.228. The van der Waals surface area contributed by atoms with Crippen molar-refractivity contribution in [3.8, 4) is 6.07 Å². The van der Waals surface area contributed by atoms with Crippen molar-refractivity contribution in [3.05, 3.63) is 60.7 Å². The van der Waals surface area contributed by atoms with Crippen LogP contribution in [0, 0.1) is 28.6 Å². The Balaban J connectivity index is 1.48. The molecule has 0 spiro atoms. The maximum absolute atomic E-state index is 13.8. The minimum Gasteiger partial charge on any atom is -0.306 e. The summed E-state index contributed by atoms with van der Waals surface area (Å²) in [6.07, 6.45) is 1.03. The van der Waals surface area contributed by atoms with E-state index in [9.17, 15) is 19.6 Å². The fourth-order valence-corrected chi connectivity index (χ4v) is 5.94. The molecule has 11 nitrogen and oxygen atoms in total. The summed E-state index contributed by atoms with van der Waals surface area (Å²) in [6, 6.07) is 18.2. The first-order valence-corrected chi connectivity index (χ1v) is 14.1. The summed E-state index contributed by atoms with van der Waals surface area (Å²) < 4.78 is 0. The van der Waals surface area contributed by atoms with E-state index in [2.05, 4.69) is 35.8 Å².